The fourth-order valence-electron chi connectivity index (χ4n) is 3.58. The summed E-state index contributed by atoms with van der Waals surface area (Å²) in [6, 6.07) is 21.2. The molecular formula is C29H37NO7. The molecule has 0 aliphatic heterocycles. The summed E-state index contributed by atoms with van der Waals surface area (Å²) in [5.74, 6) is 0.0580. The molecule has 0 amide bonds. The van der Waals surface area contributed by atoms with Gasteiger partial charge in [0.2, 0.25) is 0 Å². The van der Waals surface area contributed by atoms with Crippen LogP contribution in [0.4, 0.5) is 0 Å². The first-order chi connectivity index (χ1) is 17.8. The molecule has 0 aliphatic rings. The molecule has 0 aliphatic carbocycles. The molecule has 8 nitrogen and oxygen atoms in total. The number of rotatable bonds is 13. The monoisotopic (exact) mass is 511 g/mol. The largest absolute Gasteiger partial charge is 0.508 e. The standard InChI is InChI=1S/C27H33NO5.C2H4O2/c1-32-25-8-5-20(6-9-25)12-14-33-19-22-4-2-3-21(15-22)11-13-28-17-27(31)23-7-10-26(30)24(16-23)18-29;1-2(3)4/h2-10,15-16,27-31H,11-14,17-19H2,1H3;1H3,(H,3,4)/t27-;/m0./s1. The Bertz CT molecular complexity index is 1080. The first-order valence-electron chi connectivity index (χ1n) is 12.1. The van der Waals surface area contributed by atoms with Gasteiger partial charge in [-0.2, -0.15) is 0 Å². The molecule has 0 fully saturated rings. The topological polar surface area (TPSA) is 128 Å². The quantitative estimate of drug-likeness (QED) is 0.220. The van der Waals surface area contributed by atoms with Crippen molar-refractivity contribution in [1.29, 1.82) is 0 Å². The Morgan fingerprint density at radius 2 is 1.68 bits per heavy atom. The van der Waals surface area contributed by atoms with Gasteiger partial charge in [0.05, 0.1) is 33.0 Å². The van der Waals surface area contributed by atoms with Crippen LogP contribution in [0, 0.1) is 0 Å². The van der Waals surface area contributed by atoms with Crippen LogP contribution in [0.2, 0.25) is 0 Å². The minimum Gasteiger partial charge on any atom is -0.508 e. The van der Waals surface area contributed by atoms with Crippen LogP contribution in [-0.4, -0.2) is 53.2 Å². The second-order valence-electron chi connectivity index (χ2n) is 8.51. The lowest BCUT2D eigenvalue weighted by Crippen LogP contribution is -2.23. The number of phenols is 1. The lowest BCUT2D eigenvalue weighted by Gasteiger charge is -2.14. The minimum atomic E-state index is -0.833. The summed E-state index contributed by atoms with van der Waals surface area (Å²) in [5.41, 5.74) is 4.65. The Morgan fingerprint density at radius 3 is 2.35 bits per heavy atom. The number of carbonyl (C=O) groups is 1. The van der Waals surface area contributed by atoms with E-state index in [9.17, 15) is 15.3 Å². The van der Waals surface area contributed by atoms with Crippen molar-refractivity contribution < 1.29 is 34.7 Å². The van der Waals surface area contributed by atoms with Crippen LogP contribution in [0.25, 0.3) is 0 Å². The van der Waals surface area contributed by atoms with Gasteiger partial charge in [-0.3, -0.25) is 4.79 Å². The third kappa shape index (κ3) is 11.4. The van der Waals surface area contributed by atoms with E-state index >= 15 is 0 Å². The van der Waals surface area contributed by atoms with E-state index in [1.165, 1.54) is 17.2 Å². The summed E-state index contributed by atoms with van der Waals surface area (Å²) >= 11 is 0. The number of aliphatic carboxylic acids is 1. The highest BCUT2D eigenvalue weighted by molar-refractivity contribution is 5.62. The second kappa shape index (κ2) is 16.3. The Morgan fingerprint density at radius 1 is 0.973 bits per heavy atom. The minimum absolute atomic E-state index is 0.0333. The average Bonchev–Trinajstić information content (AvgIpc) is 2.89. The predicted octanol–water partition coefficient (Wildman–Crippen LogP) is 3.61. The van der Waals surface area contributed by atoms with Gasteiger partial charge < -0.3 is 35.2 Å². The normalized spacial score (nSPS) is 11.4. The summed E-state index contributed by atoms with van der Waals surface area (Å²) in [4.78, 5) is 9.00. The van der Waals surface area contributed by atoms with Gasteiger partial charge in [-0.15, -0.1) is 0 Å². The smallest absolute Gasteiger partial charge is 0.300 e. The molecule has 0 bridgehead atoms. The maximum atomic E-state index is 10.4. The van der Waals surface area contributed by atoms with E-state index in [0.717, 1.165) is 37.6 Å². The van der Waals surface area contributed by atoms with Gasteiger partial charge in [0.25, 0.3) is 5.97 Å². The lowest BCUT2D eigenvalue weighted by molar-refractivity contribution is -0.134. The highest BCUT2D eigenvalue weighted by atomic mass is 16.5. The summed E-state index contributed by atoms with van der Waals surface area (Å²) in [6.07, 6.45) is 0.988. The fourth-order valence-corrected chi connectivity index (χ4v) is 3.58. The van der Waals surface area contributed by atoms with Gasteiger partial charge in [-0.1, -0.05) is 42.5 Å². The number of hydrogen-bond acceptors (Lipinski definition) is 7. The first-order valence-corrected chi connectivity index (χ1v) is 12.1. The molecule has 0 unspecified atom stereocenters. The van der Waals surface area contributed by atoms with Crippen molar-refractivity contribution in [1.82, 2.24) is 5.32 Å². The lowest BCUT2D eigenvalue weighted by atomic mass is 10.0. The molecule has 0 heterocycles. The summed E-state index contributed by atoms with van der Waals surface area (Å²) in [5, 5.41) is 39.9. The Balaban J connectivity index is 0.00000112. The van der Waals surface area contributed by atoms with Crippen molar-refractivity contribution >= 4 is 5.97 Å². The van der Waals surface area contributed by atoms with E-state index in [1.807, 2.05) is 18.2 Å². The average molecular weight is 512 g/mol. The zero-order valence-electron chi connectivity index (χ0n) is 21.4. The molecule has 0 saturated heterocycles. The van der Waals surface area contributed by atoms with E-state index in [-0.39, 0.29) is 12.4 Å². The van der Waals surface area contributed by atoms with Crippen LogP contribution in [0.5, 0.6) is 11.5 Å². The number of carboxylic acids is 1. The highest BCUT2D eigenvalue weighted by Crippen LogP contribution is 2.22. The Kier molecular flexibility index (Phi) is 13.2. The van der Waals surface area contributed by atoms with Crippen molar-refractivity contribution in [2.24, 2.45) is 0 Å². The van der Waals surface area contributed by atoms with Gasteiger partial charge in [-0.05, 0) is 65.9 Å². The van der Waals surface area contributed by atoms with E-state index in [0.29, 0.717) is 30.9 Å². The summed E-state index contributed by atoms with van der Waals surface area (Å²) < 4.78 is 11.0. The molecule has 3 aromatic rings. The number of aromatic hydroxyl groups is 1. The van der Waals surface area contributed by atoms with Crippen LogP contribution in [0.15, 0.2) is 66.7 Å². The molecule has 3 rings (SSSR count). The van der Waals surface area contributed by atoms with Crippen molar-refractivity contribution in [3.05, 3.63) is 94.5 Å². The molecule has 5 N–H and O–H groups in total. The Labute approximate surface area is 218 Å². The number of ether oxygens (including phenoxy) is 2. The first kappa shape index (κ1) is 29.8. The van der Waals surface area contributed by atoms with Crippen LogP contribution in [0.3, 0.4) is 0 Å². The Hall–Kier alpha value is -3.43. The van der Waals surface area contributed by atoms with Gasteiger partial charge >= 0.3 is 0 Å². The third-order valence-corrected chi connectivity index (χ3v) is 5.54. The molecule has 3 aromatic carbocycles. The second-order valence-corrected chi connectivity index (χ2v) is 8.51. The van der Waals surface area contributed by atoms with Gasteiger partial charge in [0.1, 0.15) is 11.5 Å². The van der Waals surface area contributed by atoms with E-state index in [2.05, 4.69) is 35.6 Å². The number of methoxy groups -OCH3 is 1. The fraction of sp³-hybridized carbons (Fsp3) is 0.345. The maximum Gasteiger partial charge on any atom is 0.300 e. The molecule has 37 heavy (non-hydrogen) atoms. The van der Waals surface area contributed by atoms with Crippen molar-refractivity contribution in [2.75, 3.05) is 26.8 Å². The molecule has 0 saturated carbocycles. The molecule has 0 spiro atoms. The molecule has 0 aromatic heterocycles. The molecule has 1 atom stereocenters. The third-order valence-electron chi connectivity index (χ3n) is 5.54. The highest BCUT2D eigenvalue weighted by Gasteiger charge is 2.10. The maximum absolute atomic E-state index is 10.4. The number of aliphatic hydroxyl groups is 2. The zero-order chi connectivity index (χ0) is 27.0. The van der Waals surface area contributed by atoms with E-state index in [4.69, 9.17) is 19.4 Å². The van der Waals surface area contributed by atoms with Gasteiger partial charge in [0, 0.05) is 19.0 Å². The summed E-state index contributed by atoms with van der Waals surface area (Å²) in [7, 11) is 1.66. The van der Waals surface area contributed by atoms with Crippen LogP contribution >= 0.6 is 0 Å². The molecule has 200 valence electrons. The zero-order valence-corrected chi connectivity index (χ0v) is 21.4. The number of benzene rings is 3. The number of hydrogen-bond donors (Lipinski definition) is 5. The van der Waals surface area contributed by atoms with Crippen LogP contribution in [0.1, 0.15) is 40.8 Å². The van der Waals surface area contributed by atoms with Gasteiger partial charge in [0.15, 0.2) is 0 Å². The molecule has 8 heteroatoms. The number of nitrogens with one attached hydrogen (secondary N) is 1. The van der Waals surface area contributed by atoms with E-state index < -0.39 is 12.1 Å². The summed E-state index contributed by atoms with van der Waals surface area (Å²) in [6.45, 7) is 3.17. The van der Waals surface area contributed by atoms with Crippen molar-refractivity contribution in [3.8, 4) is 11.5 Å². The molecule has 0 radical (unpaired) electrons. The van der Waals surface area contributed by atoms with Gasteiger partial charge in [-0.25, -0.2) is 0 Å². The van der Waals surface area contributed by atoms with Crippen LogP contribution in [-0.2, 0) is 35.6 Å². The van der Waals surface area contributed by atoms with E-state index in [1.54, 1.807) is 19.2 Å². The number of aliphatic hydroxyl groups excluding tert-OH is 2. The van der Waals surface area contributed by atoms with Crippen molar-refractivity contribution in [3.63, 3.8) is 0 Å². The molecular weight excluding hydrogens is 474 g/mol. The predicted molar refractivity (Wildman–Crippen MR) is 142 cm³/mol. The van der Waals surface area contributed by atoms with Crippen molar-refractivity contribution in [2.45, 2.75) is 39.1 Å². The van der Waals surface area contributed by atoms with Crippen LogP contribution < -0.4 is 10.1 Å². The SMILES string of the molecule is CC(=O)O.COc1ccc(CCOCc2cccc(CCNC[C@H](O)c3ccc(O)c(CO)c3)c2)cc1. The number of carboxylic acid groups (broad SMARTS) is 1.